The Labute approximate surface area is 95.3 Å². The molecule has 0 aliphatic rings. The van der Waals surface area contributed by atoms with E-state index < -0.39 is 5.91 Å². The normalized spacial score (nSPS) is 10.1. The molecular weight excluding hydrogens is 228 g/mol. The molecule has 2 rings (SSSR count). The average molecular weight is 236 g/mol. The van der Waals surface area contributed by atoms with Crippen LogP contribution in [-0.2, 0) is 0 Å². The minimum Gasteiger partial charge on any atom is -0.326 e. The quantitative estimate of drug-likeness (QED) is 0.293. The maximum atomic E-state index is 11.2. The molecule has 82 valence electrons. The smallest absolute Gasteiger partial charge is 0.283 e. The molecule has 0 unspecified atom stereocenters. The fourth-order valence-electron chi connectivity index (χ4n) is 1.15. The SMILES string of the molecule is NNC(=O)c1cn(-c2ncccn2)c(=S)[nH]1. The van der Waals surface area contributed by atoms with Gasteiger partial charge in [0.1, 0.15) is 5.69 Å². The lowest BCUT2D eigenvalue weighted by Gasteiger charge is -1.97. The summed E-state index contributed by atoms with van der Waals surface area (Å²) in [7, 11) is 0. The monoisotopic (exact) mass is 236 g/mol. The van der Waals surface area contributed by atoms with E-state index in [0.717, 1.165) is 0 Å². The molecule has 0 fully saturated rings. The number of H-pyrrole nitrogens is 1. The van der Waals surface area contributed by atoms with E-state index in [9.17, 15) is 4.79 Å². The number of nitrogens with one attached hydrogen (secondary N) is 2. The molecular formula is C8H8N6OS. The zero-order valence-corrected chi connectivity index (χ0v) is 8.86. The fraction of sp³-hybridized carbons (Fsp3) is 0. The first kappa shape index (κ1) is 10.5. The van der Waals surface area contributed by atoms with Gasteiger partial charge in [0.05, 0.1) is 0 Å². The largest absolute Gasteiger partial charge is 0.326 e. The lowest BCUT2D eigenvalue weighted by atomic mass is 10.5. The Morgan fingerprint density at radius 1 is 1.50 bits per heavy atom. The summed E-state index contributed by atoms with van der Waals surface area (Å²) in [6.45, 7) is 0. The first-order valence-corrected chi connectivity index (χ1v) is 4.73. The number of nitrogens with zero attached hydrogens (tertiary/aromatic N) is 3. The summed E-state index contributed by atoms with van der Waals surface area (Å²) in [6.07, 6.45) is 4.65. The number of rotatable bonds is 2. The molecule has 0 aromatic carbocycles. The molecule has 0 spiro atoms. The highest BCUT2D eigenvalue weighted by Gasteiger charge is 2.09. The van der Waals surface area contributed by atoms with Gasteiger partial charge in [-0.2, -0.15) is 0 Å². The van der Waals surface area contributed by atoms with Crippen LogP contribution >= 0.6 is 12.2 Å². The van der Waals surface area contributed by atoms with E-state index in [1.165, 1.54) is 10.8 Å². The van der Waals surface area contributed by atoms with Crippen LogP contribution in [0.15, 0.2) is 24.7 Å². The van der Waals surface area contributed by atoms with E-state index in [2.05, 4.69) is 15.0 Å². The van der Waals surface area contributed by atoms with Crippen molar-refractivity contribution in [2.75, 3.05) is 0 Å². The lowest BCUT2D eigenvalue weighted by Crippen LogP contribution is -2.30. The van der Waals surface area contributed by atoms with Crippen molar-refractivity contribution >= 4 is 18.1 Å². The van der Waals surface area contributed by atoms with Gasteiger partial charge in [-0.1, -0.05) is 0 Å². The molecule has 0 radical (unpaired) electrons. The molecule has 7 nitrogen and oxygen atoms in total. The molecule has 8 heteroatoms. The number of aromatic nitrogens is 4. The molecule has 0 aliphatic carbocycles. The first-order valence-electron chi connectivity index (χ1n) is 4.32. The Morgan fingerprint density at radius 2 is 2.19 bits per heavy atom. The molecule has 0 saturated heterocycles. The third kappa shape index (κ3) is 1.83. The van der Waals surface area contributed by atoms with Gasteiger partial charge in [-0.05, 0) is 18.3 Å². The van der Waals surface area contributed by atoms with Gasteiger partial charge in [0, 0.05) is 18.6 Å². The minimum absolute atomic E-state index is 0.250. The fourth-order valence-corrected chi connectivity index (χ4v) is 1.40. The van der Waals surface area contributed by atoms with Crippen molar-refractivity contribution in [1.82, 2.24) is 24.9 Å². The molecule has 0 bridgehead atoms. The topological polar surface area (TPSA) is 102 Å². The van der Waals surface area contributed by atoms with Crippen LogP contribution < -0.4 is 11.3 Å². The summed E-state index contributed by atoms with van der Waals surface area (Å²) in [5, 5.41) is 0. The Morgan fingerprint density at radius 3 is 2.81 bits per heavy atom. The van der Waals surface area contributed by atoms with Crippen molar-refractivity contribution in [2.45, 2.75) is 0 Å². The zero-order valence-electron chi connectivity index (χ0n) is 8.04. The molecule has 2 aromatic rings. The number of hydrogen-bond donors (Lipinski definition) is 3. The number of hydrazine groups is 1. The number of nitrogens with two attached hydrogens (primary N) is 1. The van der Waals surface area contributed by atoms with Gasteiger partial charge in [0.25, 0.3) is 5.91 Å². The van der Waals surface area contributed by atoms with Crippen molar-refractivity contribution in [2.24, 2.45) is 5.84 Å². The zero-order chi connectivity index (χ0) is 11.5. The van der Waals surface area contributed by atoms with Gasteiger partial charge in [-0.3, -0.25) is 14.8 Å². The summed E-state index contributed by atoms with van der Waals surface area (Å²) in [4.78, 5) is 22.0. The van der Waals surface area contributed by atoms with Crippen LogP contribution in [0.3, 0.4) is 0 Å². The van der Waals surface area contributed by atoms with E-state index in [0.29, 0.717) is 10.7 Å². The second-order valence-corrected chi connectivity index (χ2v) is 3.25. The molecule has 2 heterocycles. The Bertz CT molecular complexity index is 559. The van der Waals surface area contributed by atoms with Crippen LogP contribution in [0, 0.1) is 4.77 Å². The Kier molecular flexibility index (Phi) is 2.75. The number of imidazole rings is 1. The number of hydrogen-bond acceptors (Lipinski definition) is 5. The number of amides is 1. The van der Waals surface area contributed by atoms with Crippen molar-refractivity contribution in [3.63, 3.8) is 0 Å². The third-order valence-corrected chi connectivity index (χ3v) is 2.16. The second kappa shape index (κ2) is 4.21. The highest BCUT2D eigenvalue weighted by Crippen LogP contribution is 2.04. The summed E-state index contributed by atoms with van der Waals surface area (Å²) in [5.41, 5.74) is 2.25. The molecule has 0 aliphatic heterocycles. The van der Waals surface area contributed by atoms with Crippen molar-refractivity contribution in [3.8, 4) is 5.95 Å². The maximum Gasteiger partial charge on any atom is 0.283 e. The number of carbonyl (C=O) groups excluding carboxylic acids is 1. The summed E-state index contributed by atoms with van der Waals surface area (Å²) in [5.74, 6) is 4.94. The van der Waals surface area contributed by atoms with Gasteiger partial charge in [0.2, 0.25) is 5.95 Å². The number of carbonyl (C=O) groups is 1. The van der Waals surface area contributed by atoms with Gasteiger partial charge in [0.15, 0.2) is 4.77 Å². The van der Waals surface area contributed by atoms with Crippen LogP contribution in [0.4, 0.5) is 0 Å². The van der Waals surface area contributed by atoms with E-state index in [1.54, 1.807) is 18.5 Å². The Balaban J connectivity index is 2.48. The average Bonchev–Trinajstić information content (AvgIpc) is 2.71. The summed E-state index contributed by atoms with van der Waals surface area (Å²) in [6, 6.07) is 1.69. The van der Waals surface area contributed by atoms with Crippen LogP contribution in [0.1, 0.15) is 10.5 Å². The number of aromatic amines is 1. The predicted octanol–water partition coefficient (Wildman–Crippen LogP) is -0.0716. The minimum atomic E-state index is -0.458. The number of nitrogen functional groups attached to an aromatic ring is 1. The molecule has 4 N–H and O–H groups in total. The van der Waals surface area contributed by atoms with Gasteiger partial charge in [-0.15, -0.1) is 0 Å². The maximum absolute atomic E-state index is 11.2. The van der Waals surface area contributed by atoms with Crippen molar-refractivity contribution in [1.29, 1.82) is 0 Å². The van der Waals surface area contributed by atoms with E-state index >= 15 is 0 Å². The van der Waals surface area contributed by atoms with Crippen LogP contribution in [-0.4, -0.2) is 25.4 Å². The second-order valence-electron chi connectivity index (χ2n) is 2.87. The molecule has 0 saturated carbocycles. The third-order valence-electron chi connectivity index (χ3n) is 1.86. The first-order chi connectivity index (χ1) is 7.72. The van der Waals surface area contributed by atoms with E-state index in [1.807, 2.05) is 5.43 Å². The highest BCUT2D eigenvalue weighted by molar-refractivity contribution is 7.71. The van der Waals surface area contributed by atoms with Crippen LogP contribution in [0.2, 0.25) is 0 Å². The summed E-state index contributed by atoms with van der Waals surface area (Å²) < 4.78 is 1.81. The molecule has 16 heavy (non-hydrogen) atoms. The standard InChI is InChI=1S/C8H8N6OS/c9-13-6(15)5-4-14(8(16)12-5)7-10-2-1-3-11-7/h1-4H,9H2,(H,12,16)(H,13,15). The Hall–Kier alpha value is -2.06. The van der Waals surface area contributed by atoms with Gasteiger partial charge in [-0.25, -0.2) is 15.8 Å². The van der Waals surface area contributed by atoms with E-state index in [-0.39, 0.29) is 5.69 Å². The lowest BCUT2D eigenvalue weighted by molar-refractivity contribution is 0.0949. The molecule has 1 amide bonds. The van der Waals surface area contributed by atoms with E-state index in [4.69, 9.17) is 18.1 Å². The predicted molar refractivity (Wildman–Crippen MR) is 58.2 cm³/mol. The van der Waals surface area contributed by atoms with Crippen molar-refractivity contribution in [3.05, 3.63) is 35.1 Å². The van der Waals surface area contributed by atoms with Gasteiger partial charge >= 0.3 is 0 Å². The van der Waals surface area contributed by atoms with Crippen molar-refractivity contribution < 1.29 is 4.79 Å². The molecule has 2 aromatic heterocycles. The highest BCUT2D eigenvalue weighted by atomic mass is 32.1. The molecule has 0 atom stereocenters. The van der Waals surface area contributed by atoms with Crippen LogP contribution in [0.25, 0.3) is 5.95 Å². The summed E-state index contributed by atoms with van der Waals surface area (Å²) >= 11 is 5.03. The van der Waals surface area contributed by atoms with Crippen LogP contribution in [0.5, 0.6) is 0 Å². The van der Waals surface area contributed by atoms with Gasteiger partial charge < -0.3 is 4.98 Å².